The van der Waals surface area contributed by atoms with E-state index in [1.54, 1.807) is 45.9 Å². The van der Waals surface area contributed by atoms with E-state index in [9.17, 15) is 24.2 Å². The molecule has 1 saturated heterocycles. The molecule has 1 unspecified atom stereocenters. The Hall–Kier alpha value is -3.20. The number of aromatic nitrogens is 1. The first-order chi connectivity index (χ1) is 16.2. The average molecular weight is 487 g/mol. The number of carboxylic acid groups (broad SMARTS) is 1. The zero-order valence-corrected chi connectivity index (χ0v) is 19.0. The van der Waals surface area contributed by atoms with Crippen LogP contribution in [0.25, 0.3) is 10.9 Å². The van der Waals surface area contributed by atoms with Crippen LogP contribution in [0.3, 0.4) is 0 Å². The van der Waals surface area contributed by atoms with Gasteiger partial charge >= 0.3 is 13.7 Å². The number of rotatable bonds is 6. The lowest BCUT2D eigenvalue weighted by atomic mass is 10.1. The molecule has 5 rings (SSSR count). The number of pyridine rings is 1. The van der Waals surface area contributed by atoms with Crippen molar-refractivity contribution in [3.63, 3.8) is 0 Å². The molecule has 178 valence electrons. The van der Waals surface area contributed by atoms with Crippen molar-refractivity contribution in [1.82, 2.24) is 9.24 Å². The van der Waals surface area contributed by atoms with Crippen LogP contribution in [0.5, 0.6) is 5.75 Å². The number of fused-ring (bicyclic) bond motifs is 1. The number of halogens is 1. The molecule has 1 aliphatic carbocycles. The van der Waals surface area contributed by atoms with E-state index in [0.29, 0.717) is 5.52 Å². The summed E-state index contributed by atoms with van der Waals surface area (Å²) in [6.07, 6.45) is 3.05. The van der Waals surface area contributed by atoms with E-state index in [1.165, 1.54) is 10.9 Å². The summed E-state index contributed by atoms with van der Waals surface area (Å²) in [5, 5.41) is 9.42. The van der Waals surface area contributed by atoms with Crippen LogP contribution in [-0.2, 0) is 4.57 Å². The lowest BCUT2D eigenvalue weighted by Gasteiger charge is -2.37. The second-order valence-electron chi connectivity index (χ2n) is 8.47. The number of carboxylic acids is 1. The molecule has 11 heteroatoms. The predicted octanol–water partition coefficient (Wildman–Crippen LogP) is 3.48. The normalized spacial score (nSPS) is 18.6. The Balaban J connectivity index is 1.41. The van der Waals surface area contributed by atoms with Gasteiger partial charge in [-0.25, -0.2) is 13.8 Å². The van der Waals surface area contributed by atoms with Crippen molar-refractivity contribution >= 4 is 30.3 Å². The first kappa shape index (κ1) is 22.6. The number of benzene rings is 2. The number of aromatic carboxylic acids is 1. The highest BCUT2D eigenvalue weighted by Gasteiger charge is 2.35. The van der Waals surface area contributed by atoms with Crippen molar-refractivity contribution in [2.45, 2.75) is 18.9 Å². The molecule has 1 aliphatic heterocycles. The van der Waals surface area contributed by atoms with Gasteiger partial charge in [-0.1, -0.05) is 18.2 Å². The van der Waals surface area contributed by atoms with Crippen LogP contribution in [0, 0.1) is 5.82 Å². The van der Waals surface area contributed by atoms with Crippen molar-refractivity contribution in [3.8, 4) is 5.75 Å². The van der Waals surface area contributed by atoms with Crippen molar-refractivity contribution in [3.05, 3.63) is 70.3 Å². The quantitative estimate of drug-likeness (QED) is 0.509. The summed E-state index contributed by atoms with van der Waals surface area (Å²) in [4.78, 5) is 36.4. The molecular formula is C23H23FN3O6P. The number of para-hydroxylation sites is 1. The maximum Gasteiger partial charge on any atom is 0.458 e. The van der Waals surface area contributed by atoms with Gasteiger partial charge in [-0.05, 0) is 37.1 Å². The second-order valence-corrected chi connectivity index (χ2v) is 10.2. The van der Waals surface area contributed by atoms with Crippen LogP contribution in [-0.4, -0.2) is 51.4 Å². The van der Waals surface area contributed by atoms with E-state index in [-0.39, 0.29) is 54.6 Å². The third-order valence-electron chi connectivity index (χ3n) is 6.19. The van der Waals surface area contributed by atoms with Crippen LogP contribution in [0.4, 0.5) is 10.1 Å². The van der Waals surface area contributed by atoms with E-state index in [0.717, 1.165) is 18.9 Å². The van der Waals surface area contributed by atoms with Gasteiger partial charge in [-0.15, -0.1) is 0 Å². The number of nitrogens with zero attached hydrogens (tertiary/aromatic N) is 3. The molecule has 0 amide bonds. The molecule has 2 fully saturated rings. The Morgan fingerprint density at radius 2 is 1.76 bits per heavy atom. The Bertz CT molecular complexity index is 1370. The maximum atomic E-state index is 15.1. The average Bonchev–Trinajstić information content (AvgIpc) is 3.65. The second kappa shape index (κ2) is 8.54. The van der Waals surface area contributed by atoms with Crippen LogP contribution < -0.4 is 14.9 Å². The molecule has 0 bridgehead atoms. The molecule has 2 aliphatic rings. The molecule has 1 aromatic heterocycles. The lowest BCUT2D eigenvalue weighted by Crippen LogP contribution is -2.45. The SMILES string of the molecule is O=C(O)c1cn(C2CC2)c2cc(N3CCN(P(=O)(O)Oc4ccccc4)CC3)c(F)cc2c1=O. The summed E-state index contributed by atoms with van der Waals surface area (Å²) in [5.41, 5.74) is -0.344. The summed E-state index contributed by atoms with van der Waals surface area (Å²) in [7, 11) is -4.08. The van der Waals surface area contributed by atoms with E-state index < -0.39 is 25.0 Å². The van der Waals surface area contributed by atoms with E-state index in [4.69, 9.17) is 4.52 Å². The van der Waals surface area contributed by atoms with Gasteiger partial charge in [0.15, 0.2) is 0 Å². The van der Waals surface area contributed by atoms with Crippen molar-refractivity contribution in [2.24, 2.45) is 0 Å². The summed E-state index contributed by atoms with van der Waals surface area (Å²) >= 11 is 0. The first-order valence-electron chi connectivity index (χ1n) is 10.9. The summed E-state index contributed by atoms with van der Waals surface area (Å²) in [6, 6.07) is 11.1. The number of carbonyl (C=O) groups is 1. The van der Waals surface area contributed by atoms with Crippen LogP contribution >= 0.6 is 7.75 Å². The van der Waals surface area contributed by atoms with Crippen LogP contribution in [0.15, 0.2) is 53.5 Å². The minimum Gasteiger partial charge on any atom is -0.477 e. The smallest absolute Gasteiger partial charge is 0.458 e. The highest BCUT2D eigenvalue weighted by molar-refractivity contribution is 7.50. The zero-order chi connectivity index (χ0) is 24.0. The molecule has 0 spiro atoms. The minimum atomic E-state index is -4.08. The minimum absolute atomic E-state index is 0.0304. The van der Waals surface area contributed by atoms with Crippen molar-refractivity contribution in [2.75, 3.05) is 31.1 Å². The van der Waals surface area contributed by atoms with Crippen molar-refractivity contribution < 1.29 is 28.3 Å². The largest absolute Gasteiger partial charge is 0.477 e. The van der Waals surface area contributed by atoms with Gasteiger partial charge in [-0.3, -0.25) is 4.79 Å². The van der Waals surface area contributed by atoms with Crippen LogP contribution in [0.2, 0.25) is 0 Å². The number of anilines is 1. The van der Waals surface area contributed by atoms with Gasteiger partial charge in [0, 0.05) is 43.8 Å². The number of hydrogen-bond donors (Lipinski definition) is 2. The van der Waals surface area contributed by atoms with Gasteiger partial charge < -0.3 is 24.0 Å². The van der Waals surface area contributed by atoms with Gasteiger partial charge in [-0.2, -0.15) is 4.67 Å². The monoisotopic (exact) mass is 487 g/mol. The zero-order valence-electron chi connectivity index (χ0n) is 18.1. The lowest BCUT2D eigenvalue weighted by molar-refractivity contribution is 0.0694. The molecule has 2 N–H and O–H groups in total. The van der Waals surface area contributed by atoms with Crippen molar-refractivity contribution in [1.29, 1.82) is 0 Å². The number of hydrogen-bond acceptors (Lipinski definition) is 5. The van der Waals surface area contributed by atoms with Gasteiger partial charge in [0.05, 0.1) is 11.2 Å². The van der Waals surface area contributed by atoms with Gasteiger partial charge in [0.2, 0.25) is 5.43 Å². The molecule has 34 heavy (non-hydrogen) atoms. The summed E-state index contributed by atoms with van der Waals surface area (Å²) in [6.45, 7) is 0.884. The van der Waals surface area contributed by atoms with E-state index >= 15 is 4.39 Å². The fraction of sp³-hybridized carbons (Fsp3) is 0.304. The van der Waals surface area contributed by atoms with Crippen LogP contribution in [0.1, 0.15) is 29.2 Å². The molecule has 2 aromatic carbocycles. The van der Waals surface area contributed by atoms with E-state index in [2.05, 4.69) is 0 Å². The molecule has 9 nitrogen and oxygen atoms in total. The van der Waals surface area contributed by atoms with Gasteiger partial charge in [0.25, 0.3) is 0 Å². The number of piperazine rings is 1. The Kier molecular flexibility index (Phi) is 5.67. The molecule has 1 atom stereocenters. The molecule has 1 saturated carbocycles. The highest BCUT2D eigenvalue weighted by Crippen LogP contribution is 2.47. The van der Waals surface area contributed by atoms with Gasteiger partial charge in [0.1, 0.15) is 17.1 Å². The fourth-order valence-electron chi connectivity index (χ4n) is 4.27. The third-order valence-corrected chi connectivity index (χ3v) is 7.76. The first-order valence-corrected chi connectivity index (χ1v) is 12.5. The predicted molar refractivity (Wildman–Crippen MR) is 124 cm³/mol. The molecule has 3 aromatic rings. The molecular weight excluding hydrogens is 464 g/mol. The molecule has 0 radical (unpaired) electrons. The summed E-state index contributed by atoms with van der Waals surface area (Å²) < 4.78 is 36.3. The Morgan fingerprint density at radius 1 is 1.09 bits per heavy atom. The Morgan fingerprint density at radius 3 is 2.38 bits per heavy atom. The molecule has 2 heterocycles. The maximum absolute atomic E-state index is 15.1. The topological polar surface area (TPSA) is 112 Å². The third kappa shape index (κ3) is 4.20. The summed E-state index contributed by atoms with van der Waals surface area (Å²) in [5.74, 6) is -1.70. The highest BCUT2D eigenvalue weighted by atomic mass is 31.2. The van der Waals surface area contributed by atoms with E-state index in [1.807, 2.05) is 0 Å². The Labute approximate surface area is 194 Å². The fourth-order valence-corrected chi connectivity index (χ4v) is 5.47. The standard InChI is InChI=1S/C23H23FN3O6P/c24-19-12-17-20(27(15-6-7-15)14-18(22(17)28)23(29)30)13-21(19)25-8-10-26(11-9-25)34(31,32)33-16-4-2-1-3-5-16/h1-5,12-15H,6-11H2,(H,29,30)(H,31,32).